The van der Waals surface area contributed by atoms with E-state index in [1.54, 1.807) is 0 Å². The van der Waals surface area contributed by atoms with Gasteiger partial charge in [-0.2, -0.15) is 0 Å². The largest absolute Gasteiger partial charge is 1.00 e. The Morgan fingerprint density at radius 1 is 1.40 bits per heavy atom. The summed E-state index contributed by atoms with van der Waals surface area (Å²) in [6.07, 6.45) is 0. The fourth-order valence-corrected chi connectivity index (χ4v) is 0. The third-order valence-corrected chi connectivity index (χ3v) is 0. The number of hydrogen-bond donors (Lipinski definition) is 0. The third-order valence-electron chi connectivity index (χ3n) is 0. The van der Waals surface area contributed by atoms with E-state index in [0.717, 1.165) is 0 Å². The van der Waals surface area contributed by atoms with Gasteiger partial charge in [-0.15, -0.1) is 0 Å². The van der Waals surface area contributed by atoms with Gasteiger partial charge in [0.1, 0.15) is 0 Å². The van der Waals surface area contributed by atoms with Gasteiger partial charge < -0.3 is 5.02 Å². The van der Waals surface area contributed by atoms with E-state index in [9.17, 15) is 0 Å². The van der Waals surface area contributed by atoms with E-state index in [1.807, 2.05) is 0 Å². The number of rotatable bonds is 0. The minimum Gasteiger partial charge on any atom is -0.828 e. The van der Waals surface area contributed by atoms with Crippen molar-refractivity contribution in [2.24, 2.45) is 0 Å². The normalized spacial score (nSPS) is 5.40. The SMILES string of the molecule is [K+].[O]B([O])[O-]. The van der Waals surface area contributed by atoms with Crippen molar-refractivity contribution in [1.29, 1.82) is 0 Å². The van der Waals surface area contributed by atoms with Crippen molar-refractivity contribution in [3.63, 3.8) is 0 Å². The zero-order valence-corrected chi connectivity index (χ0v) is 5.93. The van der Waals surface area contributed by atoms with Crippen LogP contribution in [0.3, 0.4) is 0 Å². The molecule has 0 aliphatic heterocycles. The molecule has 0 aromatic rings. The average molecular weight is 97.9 g/mol. The quantitative estimate of drug-likeness (QED) is 0.280. The summed E-state index contributed by atoms with van der Waals surface area (Å²) in [4.78, 5) is 0. The van der Waals surface area contributed by atoms with Crippen LogP contribution in [-0.4, -0.2) is 7.32 Å². The molecule has 0 unspecified atom stereocenters. The van der Waals surface area contributed by atoms with Crippen molar-refractivity contribution in [2.75, 3.05) is 0 Å². The van der Waals surface area contributed by atoms with E-state index in [2.05, 4.69) is 0 Å². The minimum absolute atomic E-state index is 0. The zero-order valence-electron chi connectivity index (χ0n) is 2.80. The predicted molar refractivity (Wildman–Crippen MR) is 7.13 cm³/mol. The Morgan fingerprint density at radius 3 is 1.40 bits per heavy atom. The molecule has 0 amide bonds. The van der Waals surface area contributed by atoms with Crippen LogP contribution < -0.4 is 56.4 Å². The first-order chi connectivity index (χ1) is 1.73. The van der Waals surface area contributed by atoms with E-state index in [0.29, 0.717) is 0 Å². The molecule has 0 fully saturated rings. The number of hydrogen-bond acceptors (Lipinski definition) is 1. The second kappa shape index (κ2) is 5.58. The first-order valence-electron chi connectivity index (χ1n) is 0.707. The van der Waals surface area contributed by atoms with Gasteiger partial charge in [-0.05, 0) is 0 Å². The summed E-state index contributed by atoms with van der Waals surface area (Å²) in [5.41, 5.74) is 0. The molecule has 0 rings (SSSR count). The molecule has 0 bridgehead atoms. The Balaban J connectivity index is 0. The van der Waals surface area contributed by atoms with Gasteiger partial charge in [0.25, 0.3) is 0 Å². The van der Waals surface area contributed by atoms with Crippen LogP contribution in [0.1, 0.15) is 0 Å². The van der Waals surface area contributed by atoms with E-state index in [4.69, 9.17) is 15.1 Å². The van der Waals surface area contributed by atoms with Crippen molar-refractivity contribution in [3.8, 4) is 0 Å². The summed E-state index contributed by atoms with van der Waals surface area (Å²) in [5.74, 6) is 0. The molecule has 0 saturated heterocycles. The van der Waals surface area contributed by atoms with Crippen LogP contribution in [0.25, 0.3) is 0 Å². The molecular weight excluding hydrogens is 97.9 g/mol. The summed E-state index contributed by atoms with van der Waals surface area (Å²) in [5, 5.41) is 25.2. The molecule has 0 heterocycles. The van der Waals surface area contributed by atoms with Gasteiger partial charge in [0.2, 0.25) is 0 Å². The molecular formula is BKO3. The van der Waals surface area contributed by atoms with Crippen molar-refractivity contribution in [1.82, 2.24) is 0 Å². The van der Waals surface area contributed by atoms with E-state index >= 15 is 0 Å². The fourth-order valence-electron chi connectivity index (χ4n) is 0. The van der Waals surface area contributed by atoms with Gasteiger partial charge in [0.15, 0.2) is 0 Å². The van der Waals surface area contributed by atoms with Crippen molar-refractivity contribution >= 4 is 7.32 Å². The smallest absolute Gasteiger partial charge is 0.828 e. The topological polar surface area (TPSA) is 62.9 Å². The van der Waals surface area contributed by atoms with Crippen LogP contribution in [-0.2, 0) is 10.0 Å². The second-order valence-electron chi connectivity index (χ2n) is 0.289. The Labute approximate surface area is 72.6 Å². The predicted octanol–water partition coefficient (Wildman–Crippen LogP) is -4.80. The molecule has 2 radical (unpaired) electrons. The van der Waals surface area contributed by atoms with Gasteiger partial charge in [-0.1, -0.05) is 0 Å². The van der Waals surface area contributed by atoms with Gasteiger partial charge in [-0.3, -0.25) is 10.0 Å². The molecule has 0 aliphatic rings. The molecule has 22 valence electrons. The van der Waals surface area contributed by atoms with Gasteiger partial charge in [0, 0.05) is 0 Å². The summed E-state index contributed by atoms with van der Waals surface area (Å²) in [6.45, 7) is 0. The first kappa shape index (κ1) is 9.77. The Morgan fingerprint density at radius 2 is 1.40 bits per heavy atom. The molecule has 0 aromatic carbocycles. The summed E-state index contributed by atoms with van der Waals surface area (Å²) >= 11 is 0. The molecule has 5 heteroatoms. The Bertz CT molecular complexity index is 11.6. The van der Waals surface area contributed by atoms with Crippen LogP contribution in [0.2, 0.25) is 0 Å². The molecule has 0 N–H and O–H groups in total. The molecule has 0 spiro atoms. The maximum absolute atomic E-state index is 8.42. The van der Waals surface area contributed by atoms with Crippen LogP contribution in [0.4, 0.5) is 0 Å². The van der Waals surface area contributed by atoms with Crippen molar-refractivity contribution in [3.05, 3.63) is 0 Å². The average Bonchev–Trinajstić information content (AvgIpc) is 0.811. The van der Waals surface area contributed by atoms with Crippen LogP contribution in [0.5, 0.6) is 0 Å². The minimum atomic E-state index is -2.92. The van der Waals surface area contributed by atoms with E-state index in [1.165, 1.54) is 0 Å². The Kier molecular flexibility index (Phi) is 10.9. The molecule has 5 heavy (non-hydrogen) atoms. The summed E-state index contributed by atoms with van der Waals surface area (Å²) in [7, 11) is -2.92. The van der Waals surface area contributed by atoms with Crippen molar-refractivity contribution in [2.45, 2.75) is 0 Å². The molecule has 3 nitrogen and oxygen atoms in total. The monoisotopic (exact) mass is 98.0 g/mol. The maximum atomic E-state index is 8.42. The Hall–Kier alpha value is 1.58. The standard InChI is InChI=1S/BO3.K/c2-1(3)4;/q-1;+1. The second-order valence-corrected chi connectivity index (χ2v) is 0.289. The van der Waals surface area contributed by atoms with Crippen molar-refractivity contribution < 1.29 is 66.5 Å². The molecule has 0 atom stereocenters. The van der Waals surface area contributed by atoms with Crippen LogP contribution in [0.15, 0.2) is 0 Å². The van der Waals surface area contributed by atoms with Gasteiger partial charge in [-0.25, -0.2) is 0 Å². The van der Waals surface area contributed by atoms with E-state index in [-0.39, 0.29) is 51.4 Å². The van der Waals surface area contributed by atoms with Crippen LogP contribution in [0, 0.1) is 0 Å². The summed E-state index contributed by atoms with van der Waals surface area (Å²) in [6, 6.07) is 0. The third kappa shape index (κ3) is 28.6. The van der Waals surface area contributed by atoms with E-state index < -0.39 is 7.32 Å². The van der Waals surface area contributed by atoms with Gasteiger partial charge in [0.05, 0.1) is 0 Å². The van der Waals surface area contributed by atoms with Gasteiger partial charge >= 0.3 is 58.7 Å². The summed E-state index contributed by atoms with van der Waals surface area (Å²) < 4.78 is 0. The first-order valence-corrected chi connectivity index (χ1v) is 0.707. The molecule has 0 aliphatic carbocycles. The maximum Gasteiger partial charge on any atom is 1.00 e. The van der Waals surface area contributed by atoms with Crippen LogP contribution >= 0.6 is 0 Å². The zero-order chi connectivity index (χ0) is 3.58. The molecule has 0 saturated carbocycles. The molecule has 0 aromatic heterocycles. The fraction of sp³-hybridized carbons (Fsp3) is 0.